The molecule has 1 fully saturated rings. The first kappa shape index (κ1) is 23.2. The predicted octanol–water partition coefficient (Wildman–Crippen LogP) is 3.93. The van der Waals surface area contributed by atoms with Crippen LogP contribution in [0.5, 0.6) is 5.75 Å². The molecule has 0 spiro atoms. The Kier molecular flexibility index (Phi) is 6.21. The monoisotopic (exact) mass is 445 g/mol. The standard InChI is InChI=1S/C22H25F2N5O3/c1-13-11-27-19(26)28-18(13)14-5-6-16(15(9-14)10-25)31-17-7-8-29(12-22(17,23)24)20(30)32-21(2,3)4/h5-6,9,11,17H,7-8,12H2,1-4H3,(H2,26,27,28). The number of nitrogen functional groups attached to an aromatic ring is 1. The van der Waals surface area contributed by atoms with E-state index >= 15 is 0 Å². The first-order valence-electron chi connectivity index (χ1n) is 10.1. The van der Waals surface area contributed by atoms with Gasteiger partial charge in [0.15, 0.2) is 6.10 Å². The van der Waals surface area contributed by atoms with Crippen molar-refractivity contribution in [1.29, 1.82) is 5.26 Å². The lowest BCUT2D eigenvalue weighted by Gasteiger charge is -2.38. The van der Waals surface area contributed by atoms with Gasteiger partial charge in [-0.3, -0.25) is 0 Å². The van der Waals surface area contributed by atoms with Crippen LogP contribution in [0, 0.1) is 18.3 Å². The molecule has 1 saturated heterocycles. The number of halogens is 2. The van der Waals surface area contributed by atoms with Crippen LogP contribution < -0.4 is 10.5 Å². The summed E-state index contributed by atoms with van der Waals surface area (Å²) in [7, 11) is 0. The van der Waals surface area contributed by atoms with Crippen molar-refractivity contribution in [3.63, 3.8) is 0 Å². The second-order valence-electron chi connectivity index (χ2n) is 8.64. The summed E-state index contributed by atoms with van der Waals surface area (Å²) in [5.41, 5.74) is 6.83. The van der Waals surface area contributed by atoms with E-state index in [0.717, 1.165) is 10.5 Å². The lowest BCUT2D eigenvalue weighted by molar-refractivity contribution is -0.137. The smallest absolute Gasteiger partial charge is 0.410 e. The molecule has 1 amide bonds. The van der Waals surface area contributed by atoms with Crippen molar-refractivity contribution in [2.24, 2.45) is 0 Å². The average molecular weight is 445 g/mol. The van der Waals surface area contributed by atoms with Gasteiger partial charge in [-0.2, -0.15) is 5.26 Å². The van der Waals surface area contributed by atoms with Gasteiger partial charge in [-0.1, -0.05) is 0 Å². The van der Waals surface area contributed by atoms with Gasteiger partial charge < -0.3 is 20.1 Å². The summed E-state index contributed by atoms with van der Waals surface area (Å²) in [6.45, 7) is 6.03. The van der Waals surface area contributed by atoms with Gasteiger partial charge in [-0.15, -0.1) is 0 Å². The highest BCUT2D eigenvalue weighted by molar-refractivity contribution is 5.69. The number of aryl methyl sites for hydroxylation is 1. The van der Waals surface area contributed by atoms with E-state index in [1.165, 1.54) is 12.1 Å². The minimum atomic E-state index is -3.32. The maximum Gasteiger partial charge on any atom is 0.410 e. The van der Waals surface area contributed by atoms with Crippen LogP contribution in [0.4, 0.5) is 19.5 Å². The zero-order chi connectivity index (χ0) is 23.7. The Labute approximate surface area is 185 Å². The molecule has 0 saturated carbocycles. The average Bonchev–Trinajstić information content (AvgIpc) is 2.70. The Morgan fingerprint density at radius 1 is 1.38 bits per heavy atom. The number of carbonyl (C=O) groups excluding carboxylic acids is 1. The van der Waals surface area contributed by atoms with Crippen LogP contribution >= 0.6 is 0 Å². The van der Waals surface area contributed by atoms with E-state index < -0.39 is 30.3 Å². The van der Waals surface area contributed by atoms with E-state index in [2.05, 4.69) is 9.97 Å². The quantitative estimate of drug-likeness (QED) is 0.761. The zero-order valence-corrected chi connectivity index (χ0v) is 18.4. The fraction of sp³-hybridized carbons (Fsp3) is 0.455. The van der Waals surface area contributed by atoms with Crippen molar-refractivity contribution in [3.8, 4) is 23.1 Å². The molecule has 2 heterocycles. The Bertz CT molecular complexity index is 1060. The molecule has 1 atom stereocenters. The molecule has 8 nitrogen and oxygen atoms in total. The van der Waals surface area contributed by atoms with Gasteiger partial charge in [0.1, 0.15) is 17.4 Å². The number of anilines is 1. The maximum absolute atomic E-state index is 14.8. The van der Waals surface area contributed by atoms with E-state index in [9.17, 15) is 18.8 Å². The fourth-order valence-electron chi connectivity index (χ4n) is 3.32. The second-order valence-corrected chi connectivity index (χ2v) is 8.64. The number of nitrogens with zero attached hydrogens (tertiary/aromatic N) is 4. The number of ether oxygens (including phenoxy) is 2. The van der Waals surface area contributed by atoms with Gasteiger partial charge in [0.25, 0.3) is 0 Å². The SMILES string of the molecule is Cc1cnc(N)nc1-c1ccc(OC2CCN(C(=O)OC(C)(C)C)CC2(F)F)c(C#N)c1. The van der Waals surface area contributed by atoms with Gasteiger partial charge in [-0.05, 0) is 51.5 Å². The van der Waals surface area contributed by atoms with E-state index in [-0.39, 0.29) is 30.2 Å². The van der Waals surface area contributed by atoms with Crippen LogP contribution in [0.3, 0.4) is 0 Å². The third-order valence-corrected chi connectivity index (χ3v) is 4.82. The fourth-order valence-corrected chi connectivity index (χ4v) is 3.32. The number of carbonyl (C=O) groups is 1. The van der Waals surface area contributed by atoms with Crippen molar-refractivity contribution >= 4 is 12.0 Å². The normalized spacial score (nSPS) is 18.0. The molecule has 1 aromatic carbocycles. The summed E-state index contributed by atoms with van der Waals surface area (Å²) in [5.74, 6) is -3.20. The highest BCUT2D eigenvalue weighted by Gasteiger charge is 2.48. The Balaban J connectivity index is 1.78. The minimum absolute atomic E-state index is 0.0336. The van der Waals surface area contributed by atoms with Crippen LogP contribution in [-0.2, 0) is 4.74 Å². The van der Waals surface area contributed by atoms with E-state index in [1.54, 1.807) is 40.0 Å². The highest BCUT2D eigenvalue weighted by Crippen LogP contribution is 2.34. The van der Waals surface area contributed by atoms with Crippen LogP contribution in [0.1, 0.15) is 38.3 Å². The van der Waals surface area contributed by atoms with Gasteiger partial charge in [-0.25, -0.2) is 23.5 Å². The molecule has 1 aromatic heterocycles. The molecule has 3 rings (SSSR count). The first-order valence-corrected chi connectivity index (χ1v) is 10.1. The number of hydrogen-bond donors (Lipinski definition) is 1. The number of piperidine rings is 1. The Morgan fingerprint density at radius 2 is 2.09 bits per heavy atom. The summed E-state index contributed by atoms with van der Waals surface area (Å²) in [5, 5.41) is 9.55. The molecule has 2 aromatic rings. The largest absolute Gasteiger partial charge is 0.483 e. The van der Waals surface area contributed by atoms with Crippen LogP contribution in [0.15, 0.2) is 24.4 Å². The van der Waals surface area contributed by atoms with Gasteiger partial charge >= 0.3 is 12.0 Å². The minimum Gasteiger partial charge on any atom is -0.483 e. The van der Waals surface area contributed by atoms with Crippen LogP contribution in [0.2, 0.25) is 0 Å². The topological polar surface area (TPSA) is 114 Å². The summed E-state index contributed by atoms with van der Waals surface area (Å²) >= 11 is 0. The lowest BCUT2D eigenvalue weighted by atomic mass is 10.0. The van der Waals surface area contributed by atoms with Gasteiger partial charge in [0.2, 0.25) is 5.95 Å². The zero-order valence-electron chi connectivity index (χ0n) is 18.4. The third kappa shape index (κ3) is 5.22. The number of likely N-dealkylation sites (tertiary alicyclic amines) is 1. The highest BCUT2D eigenvalue weighted by atomic mass is 19.3. The molecule has 0 bridgehead atoms. The molecular formula is C22H25F2N5O3. The van der Waals surface area contributed by atoms with Gasteiger partial charge in [0.05, 0.1) is 17.8 Å². The first-order chi connectivity index (χ1) is 14.9. The second kappa shape index (κ2) is 8.57. The summed E-state index contributed by atoms with van der Waals surface area (Å²) in [6.07, 6.45) is -0.833. The number of nitriles is 1. The van der Waals surface area contributed by atoms with E-state index in [1.807, 2.05) is 6.07 Å². The summed E-state index contributed by atoms with van der Waals surface area (Å²) in [4.78, 5) is 21.2. The van der Waals surface area contributed by atoms with Crippen LogP contribution in [-0.4, -0.2) is 51.7 Å². The number of nitrogens with two attached hydrogens (primary N) is 1. The maximum atomic E-state index is 14.8. The number of aromatic nitrogens is 2. The molecule has 1 aliphatic heterocycles. The number of benzene rings is 1. The van der Waals surface area contributed by atoms with Crippen molar-refractivity contribution in [2.75, 3.05) is 18.8 Å². The molecule has 32 heavy (non-hydrogen) atoms. The molecule has 2 N–H and O–H groups in total. The molecule has 1 unspecified atom stereocenters. The molecule has 170 valence electrons. The number of hydrogen-bond acceptors (Lipinski definition) is 7. The number of alkyl halides is 2. The lowest BCUT2D eigenvalue weighted by Crippen LogP contribution is -2.56. The van der Waals surface area contributed by atoms with Crippen molar-refractivity contribution in [2.45, 2.75) is 51.7 Å². The van der Waals surface area contributed by atoms with Gasteiger partial charge in [0, 0.05) is 24.7 Å². The molecule has 0 aliphatic carbocycles. The summed E-state index contributed by atoms with van der Waals surface area (Å²) in [6, 6.07) is 6.58. The van der Waals surface area contributed by atoms with E-state index in [4.69, 9.17) is 15.2 Å². The third-order valence-electron chi connectivity index (χ3n) is 4.82. The Hall–Kier alpha value is -3.48. The van der Waals surface area contributed by atoms with Crippen LogP contribution in [0.25, 0.3) is 11.3 Å². The van der Waals surface area contributed by atoms with Crippen molar-refractivity contribution < 1.29 is 23.0 Å². The molecule has 10 heteroatoms. The predicted molar refractivity (Wildman–Crippen MR) is 113 cm³/mol. The van der Waals surface area contributed by atoms with Crippen molar-refractivity contribution in [3.05, 3.63) is 35.5 Å². The molecular weight excluding hydrogens is 420 g/mol. The Morgan fingerprint density at radius 3 is 2.72 bits per heavy atom. The van der Waals surface area contributed by atoms with Crippen molar-refractivity contribution in [1.82, 2.24) is 14.9 Å². The molecule has 1 aliphatic rings. The van der Waals surface area contributed by atoms with E-state index in [0.29, 0.717) is 11.3 Å². The molecule has 0 radical (unpaired) electrons. The number of rotatable bonds is 3. The number of amides is 1. The summed E-state index contributed by atoms with van der Waals surface area (Å²) < 4.78 is 40.3.